The first-order chi connectivity index (χ1) is 13.5. The van der Waals surface area contributed by atoms with Crippen molar-refractivity contribution in [2.45, 2.75) is 38.8 Å². The molecule has 6 nitrogen and oxygen atoms in total. The molecule has 1 aliphatic rings. The van der Waals surface area contributed by atoms with Gasteiger partial charge in [0.1, 0.15) is 12.4 Å². The van der Waals surface area contributed by atoms with Crippen LogP contribution in [-0.2, 0) is 22.7 Å². The van der Waals surface area contributed by atoms with Gasteiger partial charge >= 0.3 is 11.9 Å². The molecule has 0 atom stereocenters. The normalized spacial score (nSPS) is 14.3. The fourth-order valence-corrected chi connectivity index (χ4v) is 2.98. The highest BCUT2D eigenvalue weighted by atomic mass is 16.5. The van der Waals surface area contributed by atoms with Crippen molar-refractivity contribution in [2.75, 3.05) is 13.1 Å². The lowest BCUT2D eigenvalue weighted by Gasteiger charge is -2.19. The molecule has 1 heterocycles. The van der Waals surface area contributed by atoms with Gasteiger partial charge in [-0.1, -0.05) is 55.3 Å². The van der Waals surface area contributed by atoms with Gasteiger partial charge in [0.2, 0.25) is 0 Å². The molecule has 2 N–H and O–H groups in total. The minimum Gasteiger partial charge on any atom is -0.489 e. The third-order valence-electron chi connectivity index (χ3n) is 4.46. The smallest absolute Gasteiger partial charge is 0.414 e. The van der Waals surface area contributed by atoms with E-state index in [9.17, 15) is 0 Å². The standard InChI is InChI=1S/C20H25NO.C2H2O4/c1-2-7-15-21(14-6-1)16-18-10-12-20(13-11-18)22-17-19-8-4-3-5-9-19;3-1(4)2(5)6/h3-5,8-13H,1-2,6-7,14-17H2;(H,3,4)(H,5,6). The molecule has 1 fully saturated rings. The molecule has 0 bridgehead atoms. The van der Waals surface area contributed by atoms with Gasteiger partial charge in [-0.15, -0.1) is 0 Å². The number of aliphatic carboxylic acids is 2. The lowest BCUT2D eigenvalue weighted by Crippen LogP contribution is -2.23. The Balaban J connectivity index is 0.000000409. The van der Waals surface area contributed by atoms with E-state index in [1.807, 2.05) is 18.2 Å². The summed E-state index contributed by atoms with van der Waals surface area (Å²) in [6.07, 6.45) is 5.47. The number of hydrogen-bond donors (Lipinski definition) is 2. The van der Waals surface area contributed by atoms with Crippen LogP contribution >= 0.6 is 0 Å². The highest BCUT2D eigenvalue weighted by Gasteiger charge is 2.09. The molecule has 2 aromatic carbocycles. The van der Waals surface area contributed by atoms with E-state index in [1.165, 1.54) is 49.9 Å². The molecule has 0 saturated carbocycles. The predicted octanol–water partition coefficient (Wildman–Crippen LogP) is 3.80. The molecular formula is C22H27NO5. The van der Waals surface area contributed by atoms with Gasteiger partial charge in [-0.2, -0.15) is 0 Å². The van der Waals surface area contributed by atoms with E-state index in [4.69, 9.17) is 24.5 Å². The Morgan fingerprint density at radius 1 is 0.786 bits per heavy atom. The Labute approximate surface area is 165 Å². The molecule has 0 aliphatic carbocycles. The summed E-state index contributed by atoms with van der Waals surface area (Å²) in [5, 5.41) is 14.8. The maximum atomic E-state index is 9.10. The summed E-state index contributed by atoms with van der Waals surface area (Å²) in [5.41, 5.74) is 2.59. The van der Waals surface area contributed by atoms with Crippen molar-refractivity contribution in [2.24, 2.45) is 0 Å². The van der Waals surface area contributed by atoms with E-state index in [0.29, 0.717) is 6.61 Å². The zero-order chi connectivity index (χ0) is 20.2. The number of nitrogens with zero attached hydrogens (tertiary/aromatic N) is 1. The Bertz CT molecular complexity index is 710. The molecule has 2 aromatic rings. The van der Waals surface area contributed by atoms with Crippen LogP contribution in [0.1, 0.15) is 36.8 Å². The summed E-state index contributed by atoms with van der Waals surface area (Å²) >= 11 is 0. The van der Waals surface area contributed by atoms with Crippen molar-refractivity contribution >= 4 is 11.9 Å². The highest BCUT2D eigenvalue weighted by Crippen LogP contribution is 2.17. The number of ether oxygens (including phenoxy) is 1. The van der Waals surface area contributed by atoms with Crippen LogP contribution in [0.15, 0.2) is 54.6 Å². The second-order valence-electron chi connectivity index (χ2n) is 6.72. The summed E-state index contributed by atoms with van der Waals surface area (Å²) in [7, 11) is 0. The third-order valence-corrected chi connectivity index (χ3v) is 4.46. The van der Waals surface area contributed by atoms with Crippen LogP contribution < -0.4 is 4.74 Å². The fourth-order valence-electron chi connectivity index (χ4n) is 2.98. The van der Waals surface area contributed by atoms with Crippen molar-refractivity contribution in [3.8, 4) is 5.75 Å². The second kappa shape index (κ2) is 11.8. The van der Waals surface area contributed by atoms with Gasteiger partial charge in [-0.25, -0.2) is 9.59 Å². The summed E-state index contributed by atoms with van der Waals surface area (Å²) in [6.45, 7) is 4.18. The molecular weight excluding hydrogens is 358 g/mol. The molecule has 0 unspecified atom stereocenters. The monoisotopic (exact) mass is 385 g/mol. The quantitative estimate of drug-likeness (QED) is 0.762. The largest absolute Gasteiger partial charge is 0.489 e. The summed E-state index contributed by atoms with van der Waals surface area (Å²) < 4.78 is 5.84. The average Bonchev–Trinajstić information content (AvgIpc) is 2.97. The van der Waals surface area contributed by atoms with Crippen molar-refractivity contribution < 1.29 is 24.5 Å². The van der Waals surface area contributed by atoms with Crippen LogP contribution in [0, 0.1) is 0 Å². The van der Waals surface area contributed by atoms with Crippen molar-refractivity contribution in [1.82, 2.24) is 4.90 Å². The minimum absolute atomic E-state index is 0.631. The molecule has 6 heteroatoms. The zero-order valence-electron chi connectivity index (χ0n) is 15.9. The van der Waals surface area contributed by atoms with Gasteiger partial charge in [0.15, 0.2) is 0 Å². The SMILES string of the molecule is O=C(O)C(=O)O.c1ccc(COc2ccc(CN3CCCCCC3)cc2)cc1. The van der Waals surface area contributed by atoms with Crippen LogP contribution in [0.2, 0.25) is 0 Å². The summed E-state index contributed by atoms with van der Waals surface area (Å²) in [5.74, 6) is -2.70. The van der Waals surface area contributed by atoms with Gasteiger partial charge in [-0.3, -0.25) is 4.90 Å². The number of carbonyl (C=O) groups is 2. The maximum Gasteiger partial charge on any atom is 0.414 e. The molecule has 3 rings (SSSR count). The van der Waals surface area contributed by atoms with Crippen LogP contribution in [0.3, 0.4) is 0 Å². The molecule has 0 spiro atoms. The number of rotatable bonds is 5. The molecule has 150 valence electrons. The summed E-state index contributed by atoms with van der Waals surface area (Å²) in [4.78, 5) is 20.8. The first-order valence-corrected chi connectivity index (χ1v) is 9.49. The fraction of sp³-hybridized carbons (Fsp3) is 0.364. The number of carboxylic acid groups (broad SMARTS) is 2. The van der Waals surface area contributed by atoms with E-state index >= 15 is 0 Å². The first kappa shape index (κ1) is 21.4. The number of hydrogen-bond acceptors (Lipinski definition) is 4. The van der Waals surface area contributed by atoms with Crippen molar-refractivity contribution in [3.63, 3.8) is 0 Å². The third kappa shape index (κ3) is 8.22. The van der Waals surface area contributed by atoms with Gasteiger partial charge in [-0.05, 0) is 49.2 Å². The van der Waals surface area contributed by atoms with Crippen LogP contribution in [0.4, 0.5) is 0 Å². The van der Waals surface area contributed by atoms with Gasteiger partial charge in [0.25, 0.3) is 0 Å². The number of carboxylic acids is 2. The van der Waals surface area contributed by atoms with E-state index in [-0.39, 0.29) is 0 Å². The maximum absolute atomic E-state index is 9.10. The lowest BCUT2D eigenvalue weighted by molar-refractivity contribution is -0.159. The second-order valence-corrected chi connectivity index (χ2v) is 6.72. The average molecular weight is 385 g/mol. The Hall–Kier alpha value is -2.86. The van der Waals surface area contributed by atoms with Crippen molar-refractivity contribution in [3.05, 3.63) is 65.7 Å². The Kier molecular flexibility index (Phi) is 9.01. The Morgan fingerprint density at radius 2 is 1.36 bits per heavy atom. The minimum atomic E-state index is -1.82. The Morgan fingerprint density at radius 3 is 1.89 bits per heavy atom. The van der Waals surface area contributed by atoms with E-state index < -0.39 is 11.9 Å². The lowest BCUT2D eigenvalue weighted by atomic mass is 10.2. The van der Waals surface area contributed by atoms with E-state index in [1.54, 1.807) is 0 Å². The van der Waals surface area contributed by atoms with Crippen LogP contribution in [-0.4, -0.2) is 40.1 Å². The van der Waals surface area contributed by atoms with E-state index in [0.717, 1.165) is 12.3 Å². The molecule has 1 aliphatic heterocycles. The molecule has 0 radical (unpaired) electrons. The van der Waals surface area contributed by atoms with Gasteiger partial charge in [0, 0.05) is 6.54 Å². The molecule has 0 aromatic heterocycles. The number of likely N-dealkylation sites (tertiary alicyclic amines) is 1. The number of benzene rings is 2. The molecule has 0 amide bonds. The topological polar surface area (TPSA) is 87.1 Å². The van der Waals surface area contributed by atoms with Gasteiger partial charge in [0.05, 0.1) is 0 Å². The molecule has 1 saturated heterocycles. The van der Waals surface area contributed by atoms with E-state index in [2.05, 4.69) is 41.3 Å². The highest BCUT2D eigenvalue weighted by molar-refractivity contribution is 6.27. The van der Waals surface area contributed by atoms with Crippen molar-refractivity contribution in [1.29, 1.82) is 0 Å². The summed E-state index contributed by atoms with van der Waals surface area (Å²) in [6, 6.07) is 18.9. The van der Waals surface area contributed by atoms with Crippen LogP contribution in [0.25, 0.3) is 0 Å². The molecule has 28 heavy (non-hydrogen) atoms. The first-order valence-electron chi connectivity index (χ1n) is 9.49. The predicted molar refractivity (Wildman–Crippen MR) is 106 cm³/mol. The van der Waals surface area contributed by atoms with Crippen LogP contribution in [0.5, 0.6) is 5.75 Å². The zero-order valence-corrected chi connectivity index (χ0v) is 15.9. The van der Waals surface area contributed by atoms with Gasteiger partial charge < -0.3 is 14.9 Å².